The number of halogens is 1. The smallest absolute Gasteiger partial charge is 0.254 e. The highest BCUT2D eigenvalue weighted by molar-refractivity contribution is 7.89. The van der Waals surface area contributed by atoms with Crippen LogP contribution in [0.3, 0.4) is 0 Å². The number of amides is 2. The summed E-state index contributed by atoms with van der Waals surface area (Å²) in [6.45, 7) is 2.07. The minimum atomic E-state index is -3.86. The van der Waals surface area contributed by atoms with Gasteiger partial charge in [0.1, 0.15) is 5.82 Å². The summed E-state index contributed by atoms with van der Waals surface area (Å²) in [7, 11) is -3.86. The number of sulfonamides is 1. The Morgan fingerprint density at radius 1 is 1.03 bits per heavy atom. The zero-order chi connectivity index (χ0) is 22.2. The number of benzene rings is 2. The number of hydrogen-bond acceptors (Lipinski definition) is 5. The number of ether oxygens (including phenoxy) is 1. The minimum absolute atomic E-state index is 0.0839. The van der Waals surface area contributed by atoms with E-state index in [1.165, 1.54) is 29.4 Å². The summed E-state index contributed by atoms with van der Waals surface area (Å²) >= 11 is 0. The standard InChI is InChI=1S/C21H22FN3O5S/c1-14(26)23-17-7-5-15(6-8-17)21(27)24-10-18-12-25(13-19(11-24)30-18)31(28,29)20-4-2-3-16(22)9-20/h2-9,18-19H,10-13H2,1H3,(H,23,26). The van der Waals surface area contributed by atoms with Gasteiger partial charge in [-0.25, -0.2) is 12.8 Å². The Labute approximate surface area is 179 Å². The van der Waals surface area contributed by atoms with E-state index in [0.29, 0.717) is 11.3 Å². The summed E-state index contributed by atoms with van der Waals surface area (Å²) in [4.78, 5) is 25.6. The fraction of sp³-hybridized carbons (Fsp3) is 0.333. The Bertz CT molecular complexity index is 1090. The van der Waals surface area contributed by atoms with Gasteiger partial charge in [-0.2, -0.15) is 4.31 Å². The maximum absolute atomic E-state index is 13.5. The Morgan fingerprint density at radius 3 is 2.26 bits per heavy atom. The number of hydrogen-bond donors (Lipinski definition) is 1. The van der Waals surface area contributed by atoms with Crippen molar-refractivity contribution in [3.05, 3.63) is 59.9 Å². The van der Waals surface area contributed by atoms with Crippen molar-refractivity contribution >= 4 is 27.5 Å². The first-order chi connectivity index (χ1) is 14.7. The molecule has 164 valence electrons. The van der Waals surface area contributed by atoms with Crippen molar-refractivity contribution in [1.82, 2.24) is 9.21 Å². The SMILES string of the molecule is CC(=O)Nc1ccc(C(=O)N2CC3CN(S(=O)(=O)c4cccc(F)c4)CC(C2)O3)cc1. The molecule has 31 heavy (non-hydrogen) atoms. The van der Waals surface area contributed by atoms with Gasteiger partial charge in [0.15, 0.2) is 0 Å². The van der Waals surface area contributed by atoms with Gasteiger partial charge in [-0.1, -0.05) is 6.07 Å². The van der Waals surface area contributed by atoms with Crippen LogP contribution < -0.4 is 5.32 Å². The summed E-state index contributed by atoms with van der Waals surface area (Å²) in [5.74, 6) is -0.997. The Kier molecular flexibility index (Phi) is 5.78. The van der Waals surface area contributed by atoms with Gasteiger partial charge in [-0.15, -0.1) is 0 Å². The molecular weight excluding hydrogens is 425 g/mol. The van der Waals surface area contributed by atoms with Crippen LogP contribution in [0, 0.1) is 5.82 Å². The summed E-state index contributed by atoms with van der Waals surface area (Å²) in [5, 5.41) is 2.65. The van der Waals surface area contributed by atoms with Crippen LogP contribution in [0.1, 0.15) is 17.3 Å². The summed E-state index contributed by atoms with van der Waals surface area (Å²) in [5.41, 5.74) is 1.07. The highest BCUT2D eigenvalue weighted by Gasteiger charge is 2.41. The van der Waals surface area contributed by atoms with E-state index < -0.39 is 28.0 Å². The molecule has 2 atom stereocenters. The molecule has 10 heteroatoms. The maximum Gasteiger partial charge on any atom is 0.254 e. The van der Waals surface area contributed by atoms with E-state index >= 15 is 0 Å². The van der Waals surface area contributed by atoms with E-state index in [1.54, 1.807) is 29.2 Å². The number of morpholine rings is 2. The normalized spacial score (nSPS) is 21.5. The molecule has 2 aromatic rings. The molecular formula is C21H22FN3O5S. The van der Waals surface area contributed by atoms with Crippen LogP contribution >= 0.6 is 0 Å². The number of nitrogens with one attached hydrogen (secondary N) is 1. The van der Waals surface area contributed by atoms with Gasteiger partial charge in [-0.05, 0) is 42.5 Å². The van der Waals surface area contributed by atoms with Gasteiger partial charge in [0.25, 0.3) is 5.91 Å². The fourth-order valence-corrected chi connectivity index (χ4v) is 5.41. The molecule has 2 saturated heterocycles. The highest BCUT2D eigenvalue weighted by Crippen LogP contribution is 2.26. The van der Waals surface area contributed by atoms with E-state index in [9.17, 15) is 22.4 Å². The van der Waals surface area contributed by atoms with Gasteiger partial charge in [-0.3, -0.25) is 9.59 Å². The lowest BCUT2D eigenvalue weighted by Crippen LogP contribution is -2.61. The zero-order valence-corrected chi connectivity index (χ0v) is 17.6. The van der Waals surface area contributed by atoms with Crippen molar-refractivity contribution in [2.24, 2.45) is 0 Å². The quantitative estimate of drug-likeness (QED) is 0.770. The van der Waals surface area contributed by atoms with Crippen LogP contribution in [0.25, 0.3) is 0 Å². The van der Waals surface area contributed by atoms with Crippen molar-refractivity contribution < 1.29 is 27.1 Å². The zero-order valence-electron chi connectivity index (χ0n) is 16.8. The van der Waals surface area contributed by atoms with Gasteiger partial charge >= 0.3 is 0 Å². The van der Waals surface area contributed by atoms with E-state index in [0.717, 1.165) is 6.07 Å². The third kappa shape index (κ3) is 4.60. The monoisotopic (exact) mass is 447 g/mol. The molecule has 2 fully saturated rings. The third-order valence-electron chi connectivity index (χ3n) is 5.22. The Morgan fingerprint density at radius 2 is 1.68 bits per heavy atom. The number of fused-ring (bicyclic) bond motifs is 2. The van der Waals surface area contributed by atoms with E-state index in [4.69, 9.17) is 4.74 Å². The lowest BCUT2D eigenvalue weighted by Gasteiger charge is -2.45. The van der Waals surface area contributed by atoms with Crippen LogP contribution in [-0.4, -0.2) is 67.8 Å². The lowest BCUT2D eigenvalue weighted by molar-refractivity contribution is -0.114. The van der Waals surface area contributed by atoms with Crippen molar-refractivity contribution in [2.75, 3.05) is 31.5 Å². The number of rotatable bonds is 4. The first-order valence-electron chi connectivity index (χ1n) is 9.80. The van der Waals surface area contributed by atoms with Crippen LogP contribution in [0.15, 0.2) is 53.4 Å². The van der Waals surface area contributed by atoms with Gasteiger partial charge in [0, 0.05) is 44.4 Å². The molecule has 2 heterocycles. The predicted molar refractivity (Wildman–Crippen MR) is 110 cm³/mol. The van der Waals surface area contributed by atoms with Crippen LogP contribution in [-0.2, 0) is 19.6 Å². The average Bonchev–Trinajstić information content (AvgIpc) is 2.72. The van der Waals surface area contributed by atoms with Gasteiger partial charge < -0.3 is 15.0 Å². The van der Waals surface area contributed by atoms with E-state index in [1.807, 2.05) is 0 Å². The molecule has 8 nitrogen and oxygen atoms in total. The van der Waals surface area contributed by atoms with E-state index in [2.05, 4.69) is 5.32 Å². The van der Waals surface area contributed by atoms with Crippen molar-refractivity contribution in [2.45, 2.75) is 24.0 Å². The molecule has 0 aromatic heterocycles. The molecule has 2 aliphatic rings. The molecule has 0 saturated carbocycles. The molecule has 0 spiro atoms. The van der Waals surface area contributed by atoms with E-state index in [-0.39, 0.29) is 42.9 Å². The molecule has 0 aliphatic carbocycles. The van der Waals surface area contributed by atoms with Gasteiger partial charge in [0.05, 0.1) is 17.1 Å². The summed E-state index contributed by atoms with van der Waals surface area (Å²) in [6.07, 6.45) is -0.947. The largest absolute Gasteiger partial charge is 0.369 e. The number of nitrogens with zero attached hydrogens (tertiary/aromatic N) is 2. The Hall–Kier alpha value is -2.82. The minimum Gasteiger partial charge on any atom is -0.369 e. The summed E-state index contributed by atoms with van der Waals surface area (Å²) in [6, 6.07) is 11.5. The lowest BCUT2D eigenvalue weighted by atomic mass is 10.1. The second kappa shape index (κ2) is 8.37. The number of carbonyl (C=O) groups excluding carboxylic acids is 2. The Balaban J connectivity index is 1.45. The molecule has 1 N–H and O–H groups in total. The molecule has 2 aromatic carbocycles. The summed E-state index contributed by atoms with van der Waals surface area (Å²) < 4.78 is 46.5. The topological polar surface area (TPSA) is 96.0 Å². The molecule has 0 radical (unpaired) electrons. The molecule has 2 amide bonds. The molecule has 2 unspecified atom stereocenters. The van der Waals surface area contributed by atoms with Crippen LogP contribution in [0.2, 0.25) is 0 Å². The van der Waals surface area contributed by atoms with Gasteiger partial charge in [0.2, 0.25) is 15.9 Å². The second-order valence-electron chi connectivity index (χ2n) is 7.63. The number of anilines is 1. The predicted octanol–water partition coefficient (Wildman–Crippen LogP) is 1.70. The second-order valence-corrected chi connectivity index (χ2v) is 9.57. The van der Waals surface area contributed by atoms with Crippen molar-refractivity contribution in [3.63, 3.8) is 0 Å². The van der Waals surface area contributed by atoms with Crippen molar-refractivity contribution in [3.8, 4) is 0 Å². The first kappa shape index (κ1) is 21.4. The maximum atomic E-state index is 13.5. The first-order valence-corrected chi connectivity index (χ1v) is 11.2. The molecule has 4 rings (SSSR count). The average molecular weight is 447 g/mol. The van der Waals surface area contributed by atoms with Crippen molar-refractivity contribution in [1.29, 1.82) is 0 Å². The van der Waals surface area contributed by atoms with Crippen LogP contribution in [0.4, 0.5) is 10.1 Å². The molecule has 2 aliphatic heterocycles. The number of carbonyl (C=O) groups is 2. The molecule has 2 bridgehead atoms. The highest BCUT2D eigenvalue weighted by atomic mass is 32.2. The fourth-order valence-electron chi connectivity index (χ4n) is 3.88. The van der Waals surface area contributed by atoms with Crippen LogP contribution in [0.5, 0.6) is 0 Å². The third-order valence-corrected chi connectivity index (χ3v) is 7.05.